The topological polar surface area (TPSA) is 92.5 Å². The minimum atomic E-state index is -6.37. The number of alkyl halides is 12. The quantitative estimate of drug-likeness (QED) is 0.331. The van der Waals surface area contributed by atoms with Gasteiger partial charge in [-0.2, -0.15) is 52.7 Å². The molecule has 35 heavy (non-hydrogen) atoms. The summed E-state index contributed by atoms with van der Waals surface area (Å²) in [4.78, 5) is 0. The van der Waals surface area contributed by atoms with Crippen molar-refractivity contribution in [3.8, 4) is 0 Å². The Kier molecular flexibility index (Phi) is 6.50. The van der Waals surface area contributed by atoms with Gasteiger partial charge in [0.2, 0.25) is 0 Å². The maximum absolute atomic E-state index is 13.4. The van der Waals surface area contributed by atoms with E-state index in [-0.39, 0.29) is 12.1 Å². The lowest BCUT2D eigenvalue weighted by atomic mass is 9.70. The first-order chi connectivity index (χ1) is 15.3. The van der Waals surface area contributed by atoms with E-state index in [2.05, 4.69) is 0 Å². The van der Waals surface area contributed by atoms with Crippen LogP contribution < -0.4 is 11.5 Å². The zero-order chi connectivity index (χ0) is 27.6. The smallest absolute Gasteiger partial charge is 0.399 e. The van der Waals surface area contributed by atoms with Gasteiger partial charge in [0.15, 0.2) is 0 Å². The van der Waals surface area contributed by atoms with Crippen LogP contribution in [0.2, 0.25) is 0 Å². The number of nitrogen functional groups attached to an aromatic ring is 1. The molecule has 0 bridgehead atoms. The standard InChI is InChI=1S/C19H16F12N2O2/c1-13(5-4-12(33)10(7-13)15(35,18(26,27)28)19(29,30)31)8-2-3-11(32)9(6-8)14(34,16(20,21)22)17(23,24)25/h2-4,6-7,34-35H,5,32-33H2,1H3. The molecule has 0 aliphatic heterocycles. The summed E-state index contributed by atoms with van der Waals surface area (Å²) < 4.78 is 160. The van der Waals surface area contributed by atoms with Crippen molar-refractivity contribution in [3.05, 3.63) is 52.7 Å². The normalized spacial score (nSPS) is 21.0. The van der Waals surface area contributed by atoms with Gasteiger partial charge < -0.3 is 21.7 Å². The van der Waals surface area contributed by atoms with Crippen molar-refractivity contribution in [2.45, 2.75) is 54.7 Å². The molecule has 16 heteroatoms. The first kappa shape index (κ1) is 28.6. The number of aliphatic hydroxyl groups is 2. The molecule has 1 atom stereocenters. The SMILES string of the molecule is CC1(c2ccc(N)c(C(O)(C(F)(F)F)C(F)(F)F)c2)C=C(C(O)(C(F)(F)F)C(F)(F)F)C(N)=CC1. The van der Waals surface area contributed by atoms with Gasteiger partial charge in [-0.1, -0.05) is 25.1 Å². The Balaban J connectivity index is 2.85. The average molecular weight is 532 g/mol. The lowest BCUT2D eigenvalue weighted by molar-refractivity contribution is -0.376. The van der Waals surface area contributed by atoms with Gasteiger partial charge in [-0.05, 0) is 24.1 Å². The van der Waals surface area contributed by atoms with Crippen molar-refractivity contribution >= 4 is 5.69 Å². The molecular formula is C19H16F12N2O2. The maximum atomic E-state index is 13.4. The van der Waals surface area contributed by atoms with E-state index in [9.17, 15) is 62.9 Å². The minimum Gasteiger partial charge on any atom is -0.399 e. The molecule has 1 aromatic carbocycles. The Morgan fingerprint density at radius 3 is 1.57 bits per heavy atom. The minimum absolute atomic E-state index is 0.0695. The van der Waals surface area contributed by atoms with Gasteiger partial charge in [0, 0.05) is 27.9 Å². The highest BCUT2D eigenvalue weighted by atomic mass is 19.4. The second kappa shape index (κ2) is 7.94. The average Bonchev–Trinajstić information content (AvgIpc) is 2.65. The second-order valence-corrected chi connectivity index (χ2v) is 8.05. The summed E-state index contributed by atoms with van der Waals surface area (Å²) in [6, 6.07) is 1.28. The molecule has 198 valence electrons. The van der Waals surface area contributed by atoms with E-state index in [4.69, 9.17) is 11.5 Å². The van der Waals surface area contributed by atoms with Crippen LogP contribution in [0.15, 0.2) is 41.6 Å². The third kappa shape index (κ3) is 4.30. The lowest BCUT2D eigenvalue weighted by Gasteiger charge is -2.40. The molecular weight excluding hydrogens is 516 g/mol. The van der Waals surface area contributed by atoms with Gasteiger partial charge in [0.25, 0.3) is 11.2 Å². The fraction of sp³-hybridized carbons (Fsp3) is 0.474. The van der Waals surface area contributed by atoms with Crippen LogP contribution in [0.1, 0.15) is 24.5 Å². The molecule has 0 saturated carbocycles. The van der Waals surface area contributed by atoms with E-state index in [1.54, 1.807) is 0 Å². The molecule has 0 saturated heterocycles. The molecule has 0 amide bonds. The molecule has 0 aromatic heterocycles. The Morgan fingerprint density at radius 2 is 1.17 bits per heavy atom. The highest BCUT2D eigenvalue weighted by molar-refractivity contribution is 5.56. The molecule has 0 spiro atoms. The van der Waals surface area contributed by atoms with E-state index in [1.165, 1.54) is 0 Å². The summed E-state index contributed by atoms with van der Waals surface area (Å²) in [5.41, 5.74) is -9.65. The van der Waals surface area contributed by atoms with Gasteiger partial charge in [-0.3, -0.25) is 0 Å². The van der Waals surface area contributed by atoms with Crippen LogP contribution in [0, 0.1) is 0 Å². The van der Waals surface area contributed by atoms with Crippen molar-refractivity contribution in [1.82, 2.24) is 0 Å². The number of halogens is 12. The molecule has 1 unspecified atom stereocenters. The van der Waals surface area contributed by atoms with E-state index < -0.39 is 75.8 Å². The summed E-state index contributed by atoms with van der Waals surface area (Å²) in [5, 5.41) is 19.4. The van der Waals surface area contributed by atoms with Crippen LogP contribution in [0.3, 0.4) is 0 Å². The van der Waals surface area contributed by atoms with Gasteiger partial charge >= 0.3 is 24.7 Å². The number of benzene rings is 1. The molecule has 1 aliphatic carbocycles. The van der Waals surface area contributed by atoms with Crippen LogP contribution in [-0.4, -0.2) is 40.5 Å². The molecule has 1 aromatic rings. The third-order valence-corrected chi connectivity index (χ3v) is 5.65. The molecule has 2 rings (SSSR count). The van der Waals surface area contributed by atoms with Crippen molar-refractivity contribution < 1.29 is 62.9 Å². The summed E-state index contributed by atoms with van der Waals surface area (Å²) in [6.45, 7) is 0.874. The van der Waals surface area contributed by atoms with E-state index in [1.807, 2.05) is 0 Å². The molecule has 0 radical (unpaired) electrons. The third-order valence-electron chi connectivity index (χ3n) is 5.65. The van der Waals surface area contributed by atoms with Crippen LogP contribution in [0.4, 0.5) is 58.4 Å². The van der Waals surface area contributed by atoms with Crippen molar-refractivity contribution in [2.24, 2.45) is 5.73 Å². The Hall–Kier alpha value is -2.62. The Labute approximate surface area is 188 Å². The van der Waals surface area contributed by atoms with Crippen LogP contribution >= 0.6 is 0 Å². The van der Waals surface area contributed by atoms with Crippen molar-refractivity contribution in [3.63, 3.8) is 0 Å². The largest absolute Gasteiger partial charge is 0.430 e. The van der Waals surface area contributed by atoms with Crippen LogP contribution in [0.25, 0.3) is 0 Å². The fourth-order valence-electron chi connectivity index (χ4n) is 3.56. The van der Waals surface area contributed by atoms with Crippen molar-refractivity contribution in [2.75, 3.05) is 5.73 Å². The Bertz CT molecular complexity index is 1020. The summed E-state index contributed by atoms with van der Waals surface area (Å²) >= 11 is 0. The summed E-state index contributed by atoms with van der Waals surface area (Å²) in [7, 11) is 0. The van der Waals surface area contributed by atoms with Crippen LogP contribution in [-0.2, 0) is 11.0 Å². The first-order valence-electron chi connectivity index (χ1n) is 9.16. The Morgan fingerprint density at radius 1 is 0.743 bits per heavy atom. The molecule has 0 heterocycles. The second-order valence-electron chi connectivity index (χ2n) is 8.05. The number of hydrogen-bond acceptors (Lipinski definition) is 4. The van der Waals surface area contributed by atoms with Gasteiger partial charge in [-0.15, -0.1) is 0 Å². The van der Waals surface area contributed by atoms with Gasteiger partial charge in [0.05, 0.1) is 0 Å². The maximum Gasteiger partial charge on any atom is 0.430 e. The molecule has 0 fully saturated rings. The van der Waals surface area contributed by atoms with Gasteiger partial charge in [0.1, 0.15) is 0 Å². The zero-order valence-corrected chi connectivity index (χ0v) is 17.2. The van der Waals surface area contributed by atoms with Crippen LogP contribution in [0.5, 0.6) is 0 Å². The monoisotopic (exact) mass is 532 g/mol. The number of rotatable bonds is 3. The van der Waals surface area contributed by atoms with E-state index >= 15 is 0 Å². The highest BCUT2D eigenvalue weighted by Crippen LogP contribution is 2.54. The fourth-order valence-corrected chi connectivity index (χ4v) is 3.56. The number of hydrogen-bond donors (Lipinski definition) is 4. The van der Waals surface area contributed by atoms with Gasteiger partial charge in [-0.25, -0.2) is 0 Å². The number of nitrogens with two attached hydrogens (primary N) is 2. The molecule has 4 nitrogen and oxygen atoms in total. The molecule has 6 N–H and O–H groups in total. The zero-order valence-electron chi connectivity index (χ0n) is 17.2. The number of allylic oxidation sites excluding steroid dienone is 2. The lowest BCUT2D eigenvalue weighted by Crippen LogP contribution is -2.59. The highest BCUT2D eigenvalue weighted by Gasteiger charge is 2.74. The predicted octanol–water partition coefficient (Wildman–Crippen LogP) is 4.87. The number of anilines is 1. The first-order valence-corrected chi connectivity index (χ1v) is 9.16. The predicted molar refractivity (Wildman–Crippen MR) is 96.2 cm³/mol. The molecule has 1 aliphatic rings. The van der Waals surface area contributed by atoms with Crippen molar-refractivity contribution in [1.29, 1.82) is 0 Å². The summed E-state index contributed by atoms with van der Waals surface area (Å²) in [5.74, 6) is 0. The van der Waals surface area contributed by atoms with E-state index in [0.717, 1.165) is 13.0 Å². The summed E-state index contributed by atoms with van der Waals surface area (Å²) in [6.07, 6.45) is -25.3. The van der Waals surface area contributed by atoms with E-state index in [0.29, 0.717) is 12.1 Å².